The summed E-state index contributed by atoms with van der Waals surface area (Å²) in [6.45, 7) is 5.70. The van der Waals surface area contributed by atoms with Crippen molar-refractivity contribution >= 4 is 17.4 Å². The number of pyridine rings is 1. The minimum Gasteiger partial charge on any atom is -0.366 e. The van der Waals surface area contributed by atoms with Gasteiger partial charge in [-0.1, -0.05) is 30.3 Å². The van der Waals surface area contributed by atoms with E-state index in [9.17, 15) is 4.79 Å². The molecule has 3 N–H and O–H groups in total. The number of fused-ring (bicyclic) bond motifs is 2. The summed E-state index contributed by atoms with van der Waals surface area (Å²) in [6, 6.07) is 13.9. The molecule has 4 aromatic rings. The summed E-state index contributed by atoms with van der Waals surface area (Å²) in [5, 5.41) is 3.55. The Balaban J connectivity index is 1.66. The largest absolute Gasteiger partial charge is 0.366 e. The first-order chi connectivity index (χ1) is 15.9. The van der Waals surface area contributed by atoms with E-state index in [1.807, 2.05) is 35.7 Å². The third-order valence-electron chi connectivity index (χ3n) is 6.41. The minimum absolute atomic E-state index is 0.161. The number of hydrogen-bond acceptors (Lipinski definition) is 6. The van der Waals surface area contributed by atoms with Crippen LogP contribution in [0.25, 0.3) is 17.2 Å². The number of hydrogen-bond donors (Lipinski definition) is 2. The maximum atomic E-state index is 11.9. The Morgan fingerprint density at radius 2 is 1.94 bits per heavy atom. The molecule has 1 unspecified atom stereocenters. The summed E-state index contributed by atoms with van der Waals surface area (Å²) < 4.78 is 1.86. The van der Waals surface area contributed by atoms with Gasteiger partial charge in [-0.2, -0.15) is 0 Å². The van der Waals surface area contributed by atoms with Crippen molar-refractivity contribution in [2.24, 2.45) is 5.73 Å². The Hall–Kier alpha value is -3.78. The summed E-state index contributed by atoms with van der Waals surface area (Å²) in [6.07, 6.45) is 2.75. The zero-order chi connectivity index (χ0) is 23.1. The van der Waals surface area contributed by atoms with Crippen molar-refractivity contribution in [1.29, 1.82) is 0 Å². The van der Waals surface area contributed by atoms with E-state index in [2.05, 4.69) is 41.3 Å². The van der Waals surface area contributed by atoms with Gasteiger partial charge in [-0.3, -0.25) is 14.1 Å². The molecular weight excluding hydrogens is 414 g/mol. The molecule has 168 valence electrons. The van der Waals surface area contributed by atoms with E-state index in [-0.39, 0.29) is 6.04 Å². The van der Waals surface area contributed by atoms with Crippen LogP contribution >= 0.6 is 0 Å². The molecule has 4 heterocycles. The van der Waals surface area contributed by atoms with Crippen LogP contribution in [0.3, 0.4) is 0 Å². The summed E-state index contributed by atoms with van der Waals surface area (Å²) in [4.78, 5) is 28.9. The van der Waals surface area contributed by atoms with E-state index in [4.69, 9.17) is 15.7 Å². The fraction of sp³-hybridized carbons (Fsp3) is 0.280. The molecule has 0 bridgehead atoms. The van der Waals surface area contributed by atoms with Gasteiger partial charge in [0.1, 0.15) is 17.2 Å². The number of aromatic nitrogens is 4. The van der Waals surface area contributed by atoms with Gasteiger partial charge in [-0.25, -0.2) is 15.0 Å². The molecule has 0 saturated heterocycles. The minimum atomic E-state index is -0.510. The number of carbonyl (C=O) groups is 1. The molecule has 5 rings (SSSR count). The van der Waals surface area contributed by atoms with Crippen LogP contribution in [0.1, 0.15) is 45.8 Å². The molecule has 1 aliphatic rings. The highest BCUT2D eigenvalue weighted by Crippen LogP contribution is 2.34. The smallest absolute Gasteiger partial charge is 0.252 e. The van der Waals surface area contributed by atoms with Crippen LogP contribution in [0.15, 0.2) is 48.7 Å². The lowest BCUT2D eigenvalue weighted by atomic mass is 9.99. The van der Waals surface area contributed by atoms with Gasteiger partial charge in [-0.15, -0.1) is 0 Å². The van der Waals surface area contributed by atoms with Crippen LogP contribution in [0, 0.1) is 6.92 Å². The van der Waals surface area contributed by atoms with Gasteiger partial charge >= 0.3 is 0 Å². The highest BCUT2D eigenvalue weighted by atomic mass is 16.1. The first-order valence-corrected chi connectivity index (χ1v) is 11.1. The Bertz CT molecular complexity index is 1350. The number of imidazole rings is 1. The summed E-state index contributed by atoms with van der Waals surface area (Å²) >= 11 is 0. The molecule has 0 fully saturated rings. The van der Waals surface area contributed by atoms with Crippen LogP contribution in [0.2, 0.25) is 0 Å². The number of benzene rings is 1. The lowest BCUT2D eigenvalue weighted by Gasteiger charge is -2.32. The highest BCUT2D eigenvalue weighted by Gasteiger charge is 2.28. The second kappa shape index (κ2) is 8.29. The van der Waals surface area contributed by atoms with Crippen molar-refractivity contribution in [3.63, 3.8) is 0 Å². The van der Waals surface area contributed by atoms with Gasteiger partial charge in [0.05, 0.1) is 17.0 Å². The van der Waals surface area contributed by atoms with Gasteiger partial charge in [0.15, 0.2) is 5.82 Å². The van der Waals surface area contributed by atoms with E-state index in [0.29, 0.717) is 23.6 Å². The number of primary amides is 1. The van der Waals surface area contributed by atoms with Gasteiger partial charge in [0.25, 0.3) is 5.91 Å². The predicted molar refractivity (Wildman–Crippen MR) is 128 cm³/mol. The van der Waals surface area contributed by atoms with E-state index >= 15 is 0 Å². The molecular formula is C25H27N7O. The number of nitrogens with one attached hydrogen (secondary N) is 1. The second-order valence-electron chi connectivity index (χ2n) is 8.53. The molecule has 1 aromatic carbocycles. The Morgan fingerprint density at radius 3 is 2.70 bits per heavy atom. The Kier molecular flexibility index (Phi) is 5.30. The van der Waals surface area contributed by atoms with E-state index in [1.54, 1.807) is 12.1 Å². The third kappa shape index (κ3) is 3.72. The van der Waals surface area contributed by atoms with Crippen molar-refractivity contribution in [2.75, 3.05) is 18.9 Å². The van der Waals surface area contributed by atoms with Gasteiger partial charge in [-0.05, 0) is 45.0 Å². The Morgan fingerprint density at radius 1 is 1.15 bits per heavy atom. The van der Waals surface area contributed by atoms with E-state index < -0.39 is 5.91 Å². The predicted octanol–water partition coefficient (Wildman–Crippen LogP) is 3.36. The molecule has 3 aromatic heterocycles. The monoisotopic (exact) mass is 441 g/mol. The fourth-order valence-electron chi connectivity index (χ4n) is 4.46. The number of anilines is 1. The first kappa shape index (κ1) is 21.1. The summed E-state index contributed by atoms with van der Waals surface area (Å²) in [5.41, 5.74) is 11.3. The SMILES string of the molecule is Cc1nc2c(C(N)=O)cccn2c1-c1nc(NCc2ccccc2)c2c(n1)C(C)N(C)CC2. The Labute approximate surface area is 192 Å². The molecule has 0 saturated carbocycles. The second-order valence-corrected chi connectivity index (χ2v) is 8.53. The fourth-order valence-corrected chi connectivity index (χ4v) is 4.46. The quantitative estimate of drug-likeness (QED) is 0.492. The van der Waals surface area contributed by atoms with Crippen molar-refractivity contribution in [1.82, 2.24) is 24.3 Å². The molecule has 1 aliphatic heterocycles. The lowest BCUT2D eigenvalue weighted by Crippen LogP contribution is -2.32. The highest BCUT2D eigenvalue weighted by molar-refractivity contribution is 5.99. The number of carbonyl (C=O) groups excluding carboxylic acids is 1. The maximum absolute atomic E-state index is 11.9. The van der Waals surface area contributed by atoms with Gasteiger partial charge in [0.2, 0.25) is 0 Å². The topological polar surface area (TPSA) is 101 Å². The zero-order valence-electron chi connectivity index (χ0n) is 19.0. The molecule has 1 atom stereocenters. The molecule has 8 nitrogen and oxygen atoms in total. The summed E-state index contributed by atoms with van der Waals surface area (Å²) in [5.74, 6) is 0.918. The average molecular weight is 442 g/mol. The van der Waals surface area contributed by atoms with E-state index in [1.165, 1.54) is 5.56 Å². The standard InChI is InChI=1S/C25H27N7O/c1-15-21(32-12-7-10-19(22(26)33)25(32)28-15)24-29-20-16(2)31(3)13-11-18(20)23(30-24)27-14-17-8-5-4-6-9-17/h4-10,12,16H,11,13-14H2,1-3H3,(H2,26,33)(H,27,29,30). The molecule has 0 spiro atoms. The van der Waals surface area contributed by atoms with Gasteiger partial charge in [0, 0.05) is 30.9 Å². The molecule has 0 radical (unpaired) electrons. The molecule has 8 heteroatoms. The first-order valence-electron chi connectivity index (χ1n) is 11.1. The zero-order valence-corrected chi connectivity index (χ0v) is 19.0. The molecule has 33 heavy (non-hydrogen) atoms. The average Bonchev–Trinajstić information content (AvgIpc) is 3.16. The normalized spacial score (nSPS) is 16.0. The molecule has 1 amide bonds. The number of nitrogens with two attached hydrogens (primary N) is 1. The van der Waals surface area contributed by atoms with Crippen molar-refractivity contribution < 1.29 is 4.79 Å². The van der Waals surface area contributed by atoms with E-state index in [0.717, 1.165) is 41.4 Å². The van der Waals surface area contributed by atoms with Crippen molar-refractivity contribution in [3.8, 4) is 11.5 Å². The number of nitrogens with zero attached hydrogens (tertiary/aromatic N) is 5. The van der Waals surface area contributed by atoms with Crippen LogP contribution < -0.4 is 11.1 Å². The number of amides is 1. The van der Waals surface area contributed by atoms with Crippen molar-refractivity contribution in [3.05, 3.63) is 76.7 Å². The number of likely N-dealkylation sites (N-methyl/N-ethyl adjacent to an activating group) is 1. The number of rotatable bonds is 5. The van der Waals surface area contributed by atoms with Crippen LogP contribution in [0.5, 0.6) is 0 Å². The molecule has 0 aliphatic carbocycles. The number of aryl methyl sites for hydroxylation is 1. The third-order valence-corrected chi connectivity index (χ3v) is 6.41. The van der Waals surface area contributed by atoms with Crippen molar-refractivity contribution in [2.45, 2.75) is 32.9 Å². The van der Waals surface area contributed by atoms with Gasteiger partial charge < -0.3 is 11.1 Å². The van der Waals surface area contributed by atoms with Crippen LogP contribution in [-0.2, 0) is 13.0 Å². The lowest BCUT2D eigenvalue weighted by molar-refractivity contribution is 0.100. The summed E-state index contributed by atoms with van der Waals surface area (Å²) in [7, 11) is 2.12. The van der Waals surface area contributed by atoms with Crippen LogP contribution in [0.4, 0.5) is 5.82 Å². The maximum Gasteiger partial charge on any atom is 0.252 e. The van der Waals surface area contributed by atoms with Crippen LogP contribution in [-0.4, -0.2) is 43.8 Å².